The lowest BCUT2D eigenvalue weighted by Crippen LogP contribution is -2.21. The molecule has 0 saturated heterocycles. The van der Waals surface area contributed by atoms with E-state index in [0.717, 1.165) is 6.20 Å². The molecule has 0 aliphatic carbocycles. The van der Waals surface area contributed by atoms with Crippen LogP contribution in [0.1, 0.15) is 30.2 Å². The van der Waals surface area contributed by atoms with E-state index in [4.69, 9.17) is 11.6 Å². The summed E-state index contributed by atoms with van der Waals surface area (Å²) in [5.74, 6) is -2.44. The number of carbonyl (C=O) groups excluding carboxylic acids is 1. The van der Waals surface area contributed by atoms with Crippen LogP contribution >= 0.6 is 11.6 Å². The van der Waals surface area contributed by atoms with Gasteiger partial charge in [-0.3, -0.25) is 9.78 Å². The standard InChI is InChI=1S/C12H11ClF5NO3/c1-2-21-8(20)3-7-6(4-13)5-19-9(11(14)15)10(7)22-12(16,17)18/h5,11H,2-4H2,1H3. The summed E-state index contributed by atoms with van der Waals surface area (Å²) in [4.78, 5) is 14.7. The molecule has 1 heterocycles. The Labute approximate surface area is 127 Å². The van der Waals surface area contributed by atoms with Crippen LogP contribution in [0.15, 0.2) is 6.20 Å². The predicted octanol–water partition coefficient (Wildman–Crippen LogP) is 3.76. The second-order valence-corrected chi connectivity index (χ2v) is 4.21. The van der Waals surface area contributed by atoms with Crippen molar-refractivity contribution in [3.63, 3.8) is 0 Å². The first-order valence-corrected chi connectivity index (χ1v) is 6.49. The fourth-order valence-electron chi connectivity index (χ4n) is 1.63. The number of esters is 1. The van der Waals surface area contributed by atoms with Gasteiger partial charge in [0.15, 0.2) is 5.75 Å². The number of hydrogen-bond acceptors (Lipinski definition) is 4. The molecule has 4 nitrogen and oxygen atoms in total. The topological polar surface area (TPSA) is 48.4 Å². The number of alkyl halides is 6. The molecule has 0 radical (unpaired) electrons. The van der Waals surface area contributed by atoms with E-state index in [1.165, 1.54) is 6.92 Å². The first-order chi connectivity index (χ1) is 10.2. The van der Waals surface area contributed by atoms with Gasteiger partial charge in [0.25, 0.3) is 6.43 Å². The normalized spacial score (nSPS) is 11.6. The largest absolute Gasteiger partial charge is 0.573 e. The SMILES string of the molecule is CCOC(=O)Cc1c(CCl)cnc(C(F)F)c1OC(F)(F)F. The maximum atomic E-state index is 12.8. The highest BCUT2D eigenvalue weighted by Crippen LogP contribution is 2.36. The monoisotopic (exact) mass is 347 g/mol. The summed E-state index contributed by atoms with van der Waals surface area (Å²) < 4.78 is 71.3. The van der Waals surface area contributed by atoms with E-state index in [1.807, 2.05) is 0 Å². The van der Waals surface area contributed by atoms with Crippen molar-refractivity contribution in [3.8, 4) is 5.75 Å². The molecular weight excluding hydrogens is 337 g/mol. The van der Waals surface area contributed by atoms with Gasteiger partial charge in [-0.1, -0.05) is 0 Å². The minimum Gasteiger partial charge on any atom is -0.466 e. The number of hydrogen-bond donors (Lipinski definition) is 0. The van der Waals surface area contributed by atoms with Crippen LogP contribution in [0.4, 0.5) is 22.0 Å². The fourth-order valence-corrected chi connectivity index (χ4v) is 1.87. The molecular formula is C12H11ClF5NO3. The van der Waals surface area contributed by atoms with Crippen molar-refractivity contribution >= 4 is 17.6 Å². The summed E-state index contributed by atoms with van der Waals surface area (Å²) in [6.45, 7) is 1.47. The first kappa shape index (κ1) is 18.4. The lowest BCUT2D eigenvalue weighted by molar-refractivity contribution is -0.275. The zero-order chi connectivity index (χ0) is 16.9. The van der Waals surface area contributed by atoms with Crippen molar-refractivity contribution in [1.82, 2.24) is 4.98 Å². The third-order valence-electron chi connectivity index (χ3n) is 2.45. The summed E-state index contributed by atoms with van der Waals surface area (Å²) in [6.07, 6.45) is -8.35. The van der Waals surface area contributed by atoms with Crippen LogP contribution in [-0.2, 0) is 21.8 Å². The Bertz CT molecular complexity index is 536. The maximum absolute atomic E-state index is 12.8. The minimum absolute atomic E-state index is 0.0166. The van der Waals surface area contributed by atoms with Crippen molar-refractivity contribution in [2.24, 2.45) is 0 Å². The Morgan fingerprint density at radius 1 is 1.41 bits per heavy atom. The Morgan fingerprint density at radius 2 is 2.05 bits per heavy atom. The fraction of sp³-hybridized carbons (Fsp3) is 0.500. The van der Waals surface area contributed by atoms with Crippen LogP contribution in [0.25, 0.3) is 0 Å². The second kappa shape index (κ2) is 7.57. The summed E-state index contributed by atoms with van der Waals surface area (Å²) in [6, 6.07) is 0. The highest BCUT2D eigenvalue weighted by atomic mass is 35.5. The van der Waals surface area contributed by atoms with Crippen LogP contribution in [-0.4, -0.2) is 23.9 Å². The molecule has 0 aliphatic heterocycles. The molecule has 22 heavy (non-hydrogen) atoms. The van der Waals surface area contributed by atoms with Crippen LogP contribution < -0.4 is 4.74 Å². The van der Waals surface area contributed by atoms with Gasteiger partial charge in [0, 0.05) is 17.6 Å². The van der Waals surface area contributed by atoms with E-state index in [1.54, 1.807) is 0 Å². The molecule has 0 N–H and O–H groups in total. The van der Waals surface area contributed by atoms with Crippen LogP contribution in [0.3, 0.4) is 0 Å². The predicted molar refractivity (Wildman–Crippen MR) is 65.8 cm³/mol. The number of rotatable bonds is 6. The lowest BCUT2D eigenvalue weighted by atomic mass is 10.1. The zero-order valence-electron chi connectivity index (χ0n) is 11.2. The molecule has 124 valence electrons. The molecule has 0 fully saturated rings. The summed E-state index contributed by atoms with van der Waals surface area (Å²) in [5, 5.41) is 0. The van der Waals surface area contributed by atoms with E-state index in [-0.39, 0.29) is 18.1 Å². The van der Waals surface area contributed by atoms with Crippen molar-refractivity contribution < 1.29 is 36.2 Å². The number of carbonyl (C=O) groups is 1. The number of pyridine rings is 1. The van der Waals surface area contributed by atoms with Gasteiger partial charge < -0.3 is 9.47 Å². The van der Waals surface area contributed by atoms with Crippen LogP contribution in [0.2, 0.25) is 0 Å². The maximum Gasteiger partial charge on any atom is 0.573 e. The third kappa shape index (κ3) is 4.97. The van der Waals surface area contributed by atoms with Crippen molar-refractivity contribution in [2.75, 3.05) is 6.61 Å². The van der Waals surface area contributed by atoms with Crippen molar-refractivity contribution in [2.45, 2.75) is 32.0 Å². The van der Waals surface area contributed by atoms with E-state index in [0.29, 0.717) is 0 Å². The molecule has 0 aliphatic rings. The van der Waals surface area contributed by atoms with Gasteiger partial charge >= 0.3 is 12.3 Å². The van der Waals surface area contributed by atoms with Crippen molar-refractivity contribution in [1.29, 1.82) is 0 Å². The smallest absolute Gasteiger partial charge is 0.466 e. The molecule has 10 heteroatoms. The quantitative estimate of drug-likeness (QED) is 0.446. The van der Waals surface area contributed by atoms with Gasteiger partial charge in [0.2, 0.25) is 0 Å². The van der Waals surface area contributed by atoms with E-state index < -0.39 is 42.2 Å². The molecule has 0 atom stereocenters. The number of halogens is 6. The molecule has 1 aromatic heterocycles. The summed E-state index contributed by atoms with van der Waals surface area (Å²) in [5.41, 5.74) is -1.67. The van der Waals surface area contributed by atoms with Gasteiger partial charge in [-0.15, -0.1) is 24.8 Å². The minimum atomic E-state index is -5.22. The first-order valence-electron chi connectivity index (χ1n) is 5.95. The highest BCUT2D eigenvalue weighted by molar-refractivity contribution is 6.17. The van der Waals surface area contributed by atoms with Crippen LogP contribution in [0, 0.1) is 0 Å². The molecule has 0 bridgehead atoms. The van der Waals surface area contributed by atoms with Crippen LogP contribution in [0.5, 0.6) is 5.75 Å². The molecule has 0 unspecified atom stereocenters. The van der Waals surface area contributed by atoms with Gasteiger partial charge in [0.05, 0.1) is 13.0 Å². The Hall–Kier alpha value is -1.64. The van der Waals surface area contributed by atoms with Gasteiger partial charge in [-0.2, -0.15) is 0 Å². The number of nitrogens with zero attached hydrogens (tertiary/aromatic N) is 1. The Morgan fingerprint density at radius 3 is 2.50 bits per heavy atom. The van der Waals surface area contributed by atoms with E-state index in [9.17, 15) is 26.7 Å². The second-order valence-electron chi connectivity index (χ2n) is 3.94. The average Bonchev–Trinajstić information content (AvgIpc) is 2.38. The average molecular weight is 348 g/mol. The van der Waals surface area contributed by atoms with Gasteiger partial charge in [-0.25, -0.2) is 8.78 Å². The number of ether oxygens (including phenoxy) is 2. The van der Waals surface area contributed by atoms with E-state index >= 15 is 0 Å². The molecule has 1 aromatic rings. The Kier molecular flexibility index (Phi) is 6.34. The van der Waals surface area contributed by atoms with E-state index in [2.05, 4.69) is 14.5 Å². The lowest BCUT2D eigenvalue weighted by Gasteiger charge is -2.18. The van der Waals surface area contributed by atoms with Gasteiger partial charge in [0.1, 0.15) is 5.69 Å². The molecule has 0 aromatic carbocycles. The summed E-state index contributed by atoms with van der Waals surface area (Å²) >= 11 is 5.55. The molecule has 0 spiro atoms. The molecule has 0 saturated carbocycles. The zero-order valence-corrected chi connectivity index (χ0v) is 12.0. The highest BCUT2D eigenvalue weighted by Gasteiger charge is 2.36. The van der Waals surface area contributed by atoms with Gasteiger partial charge in [-0.05, 0) is 12.5 Å². The van der Waals surface area contributed by atoms with Crippen molar-refractivity contribution in [3.05, 3.63) is 23.0 Å². The third-order valence-corrected chi connectivity index (χ3v) is 2.74. The Balaban J connectivity index is 3.39. The molecule has 1 rings (SSSR count). The number of aromatic nitrogens is 1. The summed E-state index contributed by atoms with van der Waals surface area (Å²) in [7, 11) is 0. The molecule has 0 amide bonds.